The molecule has 0 aliphatic carbocycles. The van der Waals surface area contributed by atoms with E-state index in [-0.39, 0.29) is 42.7 Å². The van der Waals surface area contributed by atoms with Gasteiger partial charge < -0.3 is 28.6 Å². The summed E-state index contributed by atoms with van der Waals surface area (Å²) in [6.45, 7) is 4.53. The highest BCUT2D eigenvalue weighted by Crippen LogP contribution is 2.14. The van der Waals surface area contributed by atoms with Gasteiger partial charge in [-0.2, -0.15) is 0 Å². The number of hydrogen-bond donors (Lipinski definition) is 0. The molecule has 0 aromatic rings. The average Bonchev–Trinajstić information content (AvgIpc) is 3.18. The van der Waals surface area contributed by atoms with Gasteiger partial charge in [-0.05, 0) is 70.6 Å². The van der Waals surface area contributed by atoms with Crippen molar-refractivity contribution in [1.82, 2.24) is 0 Å². The zero-order chi connectivity index (χ0) is 42.8. The van der Waals surface area contributed by atoms with E-state index in [0.717, 1.165) is 83.5 Å². The highest BCUT2D eigenvalue weighted by atomic mass is 16.6. The van der Waals surface area contributed by atoms with E-state index in [4.69, 9.17) is 14.2 Å². The van der Waals surface area contributed by atoms with Gasteiger partial charge in [0.1, 0.15) is 12.6 Å². The molecule has 336 valence electrons. The molecule has 58 heavy (non-hydrogen) atoms. The van der Waals surface area contributed by atoms with Gasteiger partial charge >= 0.3 is 11.9 Å². The van der Waals surface area contributed by atoms with Gasteiger partial charge in [-0.15, -0.1) is 0 Å². The summed E-state index contributed by atoms with van der Waals surface area (Å²) in [6.07, 6.45) is 48.6. The standard InChI is InChI=1S/C50H89NO7/c1-6-8-10-12-14-16-18-20-21-22-23-24-25-26-27-28-29-31-32-34-36-38-40-48(52)57-45-46(44-56-43-42-47(50(54)55)51(3,4)5)58-49(53)41-39-37-35-33-30-19-17-15-13-11-9-7-2/h9,11,15,17,22-23,25-26,46-47H,6-8,10,12-14,16,18-21,24,27-45H2,1-5H3/b11-9+,17-15+,23-22+,26-25+. The van der Waals surface area contributed by atoms with Crippen molar-refractivity contribution in [2.24, 2.45) is 0 Å². The number of carbonyl (C=O) groups excluding carboxylic acids is 3. The number of esters is 2. The largest absolute Gasteiger partial charge is 0.544 e. The van der Waals surface area contributed by atoms with Crippen LogP contribution in [-0.2, 0) is 28.6 Å². The van der Waals surface area contributed by atoms with Crippen molar-refractivity contribution in [2.75, 3.05) is 41.0 Å². The van der Waals surface area contributed by atoms with Crippen LogP contribution in [0, 0.1) is 0 Å². The maximum Gasteiger partial charge on any atom is 0.306 e. The summed E-state index contributed by atoms with van der Waals surface area (Å²) in [6, 6.07) is -0.730. The van der Waals surface area contributed by atoms with Crippen molar-refractivity contribution in [1.29, 1.82) is 0 Å². The van der Waals surface area contributed by atoms with Crippen molar-refractivity contribution >= 4 is 17.9 Å². The molecule has 8 nitrogen and oxygen atoms in total. The first-order valence-electron chi connectivity index (χ1n) is 23.7. The highest BCUT2D eigenvalue weighted by molar-refractivity contribution is 5.70. The molecule has 0 heterocycles. The Balaban J connectivity index is 4.25. The van der Waals surface area contributed by atoms with Gasteiger partial charge in [-0.3, -0.25) is 9.59 Å². The van der Waals surface area contributed by atoms with Crippen LogP contribution in [-0.4, -0.2) is 75.5 Å². The fourth-order valence-corrected chi connectivity index (χ4v) is 6.79. The molecule has 0 saturated carbocycles. The van der Waals surface area contributed by atoms with Crippen LogP contribution < -0.4 is 5.11 Å². The van der Waals surface area contributed by atoms with E-state index in [0.29, 0.717) is 12.8 Å². The monoisotopic (exact) mass is 816 g/mol. The molecule has 0 radical (unpaired) electrons. The molecule has 0 saturated heterocycles. The molecule has 0 rings (SSSR count). The number of carbonyl (C=O) groups is 3. The Morgan fingerprint density at radius 2 is 0.966 bits per heavy atom. The molecule has 0 amide bonds. The maximum absolute atomic E-state index is 12.7. The van der Waals surface area contributed by atoms with Crippen molar-refractivity contribution in [3.05, 3.63) is 48.6 Å². The number of rotatable bonds is 42. The lowest BCUT2D eigenvalue weighted by atomic mass is 10.1. The maximum atomic E-state index is 12.7. The van der Waals surface area contributed by atoms with Crippen LogP contribution in [0.5, 0.6) is 0 Å². The molecule has 0 spiro atoms. The van der Waals surface area contributed by atoms with Crippen LogP contribution in [0.2, 0.25) is 0 Å². The zero-order valence-electron chi connectivity index (χ0n) is 38.2. The number of hydrogen-bond acceptors (Lipinski definition) is 7. The molecule has 0 fully saturated rings. The third-order valence-electron chi connectivity index (χ3n) is 10.4. The summed E-state index contributed by atoms with van der Waals surface area (Å²) in [5.41, 5.74) is 0. The smallest absolute Gasteiger partial charge is 0.306 e. The molecule has 2 atom stereocenters. The van der Waals surface area contributed by atoms with Gasteiger partial charge in [0, 0.05) is 19.3 Å². The molecule has 0 aromatic heterocycles. The molecule has 0 N–H and O–H groups in total. The number of quaternary nitrogens is 1. The molecule has 0 aliphatic heterocycles. The predicted molar refractivity (Wildman–Crippen MR) is 240 cm³/mol. The number of likely N-dealkylation sites (N-methyl/N-ethyl adjacent to an activating group) is 1. The minimum atomic E-state index is -1.13. The van der Waals surface area contributed by atoms with Gasteiger partial charge in [0.05, 0.1) is 40.3 Å². The van der Waals surface area contributed by atoms with Crippen LogP contribution in [0.4, 0.5) is 0 Å². The Hall–Kier alpha value is -2.71. The van der Waals surface area contributed by atoms with E-state index in [1.54, 1.807) is 21.1 Å². The number of carboxylic acid groups (broad SMARTS) is 1. The summed E-state index contributed by atoms with van der Waals surface area (Å²) in [5.74, 6) is -1.76. The first-order valence-corrected chi connectivity index (χ1v) is 23.7. The molecule has 0 aliphatic rings. The lowest BCUT2D eigenvalue weighted by Gasteiger charge is -2.34. The lowest BCUT2D eigenvalue weighted by molar-refractivity contribution is -0.889. The summed E-state index contributed by atoms with van der Waals surface area (Å²) < 4.78 is 17.2. The van der Waals surface area contributed by atoms with Crippen LogP contribution in [0.25, 0.3) is 0 Å². The first-order chi connectivity index (χ1) is 28.1. The van der Waals surface area contributed by atoms with Gasteiger partial charge in [-0.1, -0.05) is 159 Å². The third kappa shape index (κ3) is 38.8. The van der Waals surface area contributed by atoms with Crippen LogP contribution in [0.1, 0.15) is 200 Å². The summed E-state index contributed by atoms with van der Waals surface area (Å²) >= 11 is 0. The first kappa shape index (κ1) is 55.3. The molecule has 0 aromatic carbocycles. The molecule has 0 bridgehead atoms. The number of allylic oxidation sites excluding steroid dienone is 8. The van der Waals surface area contributed by atoms with Gasteiger partial charge in [0.2, 0.25) is 0 Å². The highest BCUT2D eigenvalue weighted by Gasteiger charge is 2.25. The van der Waals surface area contributed by atoms with E-state index in [2.05, 4.69) is 62.5 Å². The van der Waals surface area contributed by atoms with Crippen LogP contribution in [0.15, 0.2) is 48.6 Å². The Morgan fingerprint density at radius 3 is 1.41 bits per heavy atom. The quantitative estimate of drug-likeness (QED) is 0.0262. The topological polar surface area (TPSA) is 102 Å². The normalized spacial score (nSPS) is 13.3. The lowest BCUT2D eigenvalue weighted by Crippen LogP contribution is -2.55. The van der Waals surface area contributed by atoms with Gasteiger partial charge in [-0.25, -0.2) is 0 Å². The van der Waals surface area contributed by atoms with Crippen molar-refractivity contribution < 1.29 is 38.2 Å². The minimum absolute atomic E-state index is 0.0317. The van der Waals surface area contributed by atoms with Crippen molar-refractivity contribution in [3.63, 3.8) is 0 Å². The van der Waals surface area contributed by atoms with E-state index in [9.17, 15) is 19.5 Å². The van der Waals surface area contributed by atoms with Gasteiger partial charge in [0.25, 0.3) is 0 Å². The van der Waals surface area contributed by atoms with Crippen LogP contribution in [0.3, 0.4) is 0 Å². The fraction of sp³-hybridized carbons (Fsp3) is 0.780. The summed E-state index contributed by atoms with van der Waals surface area (Å²) in [5, 5.41) is 11.6. The van der Waals surface area contributed by atoms with E-state index < -0.39 is 18.1 Å². The third-order valence-corrected chi connectivity index (χ3v) is 10.4. The fourth-order valence-electron chi connectivity index (χ4n) is 6.79. The number of unbranched alkanes of at least 4 members (excludes halogenated alkanes) is 20. The number of nitrogens with zero attached hydrogens (tertiary/aromatic N) is 1. The Bertz CT molecular complexity index is 1090. The number of ether oxygens (including phenoxy) is 3. The molecule has 2 unspecified atom stereocenters. The zero-order valence-corrected chi connectivity index (χ0v) is 38.2. The van der Waals surface area contributed by atoms with E-state index >= 15 is 0 Å². The Labute approximate surface area is 356 Å². The predicted octanol–water partition coefficient (Wildman–Crippen LogP) is 11.9. The second kappa shape index (κ2) is 41.0. The minimum Gasteiger partial charge on any atom is -0.544 e. The van der Waals surface area contributed by atoms with Crippen molar-refractivity contribution in [2.45, 2.75) is 212 Å². The Morgan fingerprint density at radius 1 is 0.534 bits per heavy atom. The Kier molecular flexibility index (Phi) is 39.1. The average molecular weight is 816 g/mol. The van der Waals surface area contributed by atoms with Crippen molar-refractivity contribution in [3.8, 4) is 0 Å². The van der Waals surface area contributed by atoms with E-state index in [1.165, 1.54) is 83.5 Å². The number of carboxylic acids is 1. The van der Waals surface area contributed by atoms with Crippen LogP contribution >= 0.6 is 0 Å². The molecule has 8 heteroatoms. The molecular weight excluding hydrogens is 727 g/mol. The second-order valence-electron chi connectivity index (χ2n) is 17.0. The van der Waals surface area contributed by atoms with E-state index in [1.807, 2.05) is 0 Å². The van der Waals surface area contributed by atoms with Gasteiger partial charge in [0.15, 0.2) is 6.10 Å². The second-order valence-corrected chi connectivity index (χ2v) is 17.0. The summed E-state index contributed by atoms with van der Waals surface area (Å²) in [7, 11) is 5.40. The molecular formula is C50H89NO7. The number of aliphatic carboxylic acids is 1. The summed E-state index contributed by atoms with van der Waals surface area (Å²) in [4.78, 5) is 36.9. The SMILES string of the molecule is CC/C=C/C/C=C/CCCCCCCC(=O)OC(COCCC(C(=O)[O-])[N+](C)(C)C)COC(=O)CCCCCCCCC/C=C/C/C=C/CCCCCCCCCC.